The van der Waals surface area contributed by atoms with E-state index in [1.54, 1.807) is 23.7 Å². The van der Waals surface area contributed by atoms with Crippen LogP contribution in [0.5, 0.6) is 0 Å². The fourth-order valence-corrected chi connectivity index (χ4v) is 2.88. The molecule has 0 spiro atoms. The predicted molar refractivity (Wildman–Crippen MR) is 93.2 cm³/mol. The van der Waals surface area contributed by atoms with Crippen molar-refractivity contribution >= 4 is 17.2 Å². The molecule has 0 aromatic carbocycles. The van der Waals surface area contributed by atoms with Crippen LogP contribution in [0.25, 0.3) is 0 Å². The Kier molecular flexibility index (Phi) is 6.24. The summed E-state index contributed by atoms with van der Waals surface area (Å²) in [6.45, 7) is 8.42. The Morgan fingerprint density at radius 3 is 2.74 bits per heavy atom. The van der Waals surface area contributed by atoms with Crippen LogP contribution in [0.4, 0.5) is 0 Å². The Labute approximate surface area is 141 Å². The van der Waals surface area contributed by atoms with Gasteiger partial charge in [0.05, 0.1) is 5.01 Å². The average molecular weight is 332 g/mol. The molecule has 2 rings (SSSR count). The minimum atomic E-state index is 0.0426. The van der Waals surface area contributed by atoms with Gasteiger partial charge in [-0.15, -0.1) is 11.3 Å². The largest absolute Gasteiger partial charge is 0.352 e. The molecule has 0 aliphatic heterocycles. The Hall–Kier alpha value is -1.79. The number of carbonyl (C=O) groups excluding carboxylic acids is 1. The van der Waals surface area contributed by atoms with E-state index < -0.39 is 0 Å². The van der Waals surface area contributed by atoms with Crippen LogP contribution in [0.3, 0.4) is 0 Å². The molecule has 0 bridgehead atoms. The molecule has 5 nitrogen and oxygen atoms in total. The van der Waals surface area contributed by atoms with E-state index in [1.807, 2.05) is 18.3 Å². The highest BCUT2D eigenvalue weighted by Gasteiger charge is 2.17. The molecule has 6 heteroatoms. The first-order valence-corrected chi connectivity index (χ1v) is 8.58. The fourth-order valence-electron chi connectivity index (χ4n) is 1.94. The zero-order valence-corrected chi connectivity index (χ0v) is 14.7. The van der Waals surface area contributed by atoms with Crippen LogP contribution in [0.1, 0.15) is 42.6 Å². The summed E-state index contributed by atoms with van der Waals surface area (Å²) in [5.74, 6) is 0.0426. The number of carbonyl (C=O) groups is 1. The minimum absolute atomic E-state index is 0.0426. The average Bonchev–Trinajstić information content (AvgIpc) is 3.00. The first kappa shape index (κ1) is 17.6. The molecule has 0 fully saturated rings. The number of rotatable bonds is 7. The van der Waals surface area contributed by atoms with Gasteiger partial charge >= 0.3 is 0 Å². The van der Waals surface area contributed by atoms with Gasteiger partial charge in [0.15, 0.2) is 0 Å². The Balaban J connectivity index is 1.63. The van der Waals surface area contributed by atoms with Crippen LogP contribution in [0.15, 0.2) is 30.7 Å². The third-order valence-corrected chi connectivity index (χ3v) is 4.66. The van der Waals surface area contributed by atoms with E-state index in [-0.39, 0.29) is 11.3 Å². The second-order valence-corrected chi connectivity index (χ2v) is 7.56. The van der Waals surface area contributed by atoms with Gasteiger partial charge in [0, 0.05) is 54.9 Å². The van der Waals surface area contributed by atoms with Gasteiger partial charge in [0.25, 0.3) is 0 Å². The van der Waals surface area contributed by atoms with Crippen molar-refractivity contribution in [3.63, 3.8) is 0 Å². The fraction of sp³-hybridized carbons (Fsp3) is 0.471. The topological polar surface area (TPSA) is 66.9 Å². The van der Waals surface area contributed by atoms with E-state index in [0.717, 1.165) is 17.1 Å². The predicted octanol–water partition coefficient (Wildman–Crippen LogP) is 2.63. The molecule has 2 aromatic heterocycles. The number of amides is 1. The second kappa shape index (κ2) is 8.17. The first-order valence-electron chi connectivity index (χ1n) is 7.76. The molecular formula is C17H24N4OS. The number of aromatic nitrogens is 2. The monoisotopic (exact) mass is 332 g/mol. The summed E-state index contributed by atoms with van der Waals surface area (Å²) in [6.07, 6.45) is 5.86. The number of nitrogens with one attached hydrogen (secondary N) is 2. The van der Waals surface area contributed by atoms with Gasteiger partial charge in [-0.2, -0.15) is 0 Å². The highest BCUT2D eigenvalue weighted by molar-refractivity contribution is 7.11. The van der Waals surface area contributed by atoms with Crippen molar-refractivity contribution in [2.75, 3.05) is 6.54 Å². The lowest BCUT2D eigenvalue weighted by molar-refractivity contribution is -0.121. The van der Waals surface area contributed by atoms with E-state index in [9.17, 15) is 4.79 Å². The van der Waals surface area contributed by atoms with E-state index in [4.69, 9.17) is 0 Å². The zero-order chi connectivity index (χ0) is 16.7. The van der Waals surface area contributed by atoms with E-state index >= 15 is 0 Å². The molecular weight excluding hydrogens is 308 g/mol. The summed E-state index contributed by atoms with van der Waals surface area (Å²) in [4.78, 5) is 21.5. The Bertz CT molecular complexity index is 619. The molecule has 0 atom stereocenters. The van der Waals surface area contributed by atoms with E-state index in [0.29, 0.717) is 19.5 Å². The number of nitrogens with zero attached hydrogens (tertiary/aromatic N) is 2. The van der Waals surface area contributed by atoms with Crippen LogP contribution < -0.4 is 10.6 Å². The standard InChI is InChI=1S/C17H24N4OS/c1-17(2,3)16-21-12-14(23-16)11-19-8-6-15(22)20-10-13-5-4-7-18-9-13/h4-5,7,9,12,19H,6,8,10-11H2,1-3H3,(H,20,22). The van der Waals surface area contributed by atoms with Crippen molar-refractivity contribution < 1.29 is 4.79 Å². The van der Waals surface area contributed by atoms with Crippen LogP contribution >= 0.6 is 11.3 Å². The molecule has 2 N–H and O–H groups in total. The van der Waals surface area contributed by atoms with Crippen LogP contribution in [-0.4, -0.2) is 22.4 Å². The Morgan fingerprint density at radius 1 is 1.26 bits per heavy atom. The summed E-state index contributed by atoms with van der Waals surface area (Å²) in [5.41, 5.74) is 1.10. The smallest absolute Gasteiger partial charge is 0.221 e. The first-order chi connectivity index (χ1) is 10.9. The van der Waals surface area contributed by atoms with Gasteiger partial charge in [0.2, 0.25) is 5.91 Å². The highest BCUT2D eigenvalue weighted by Crippen LogP contribution is 2.26. The summed E-state index contributed by atoms with van der Waals surface area (Å²) in [5, 5.41) is 7.33. The molecule has 124 valence electrons. The highest BCUT2D eigenvalue weighted by atomic mass is 32.1. The number of hydrogen-bond acceptors (Lipinski definition) is 5. The van der Waals surface area contributed by atoms with Gasteiger partial charge in [-0.3, -0.25) is 9.78 Å². The van der Waals surface area contributed by atoms with Crippen molar-refractivity contribution in [2.45, 2.75) is 45.7 Å². The molecule has 23 heavy (non-hydrogen) atoms. The quantitative estimate of drug-likeness (QED) is 0.765. The van der Waals surface area contributed by atoms with Crippen LogP contribution in [0, 0.1) is 0 Å². The number of thiazole rings is 1. The van der Waals surface area contributed by atoms with Gasteiger partial charge in [0.1, 0.15) is 0 Å². The number of pyridine rings is 1. The molecule has 1 amide bonds. The Morgan fingerprint density at radius 2 is 2.09 bits per heavy atom. The van der Waals surface area contributed by atoms with Crippen molar-refractivity contribution in [1.29, 1.82) is 0 Å². The lowest BCUT2D eigenvalue weighted by Gasteiger charge is -2.13. The normalized spacial score (nSPS) is 11.4. The maximum Gasteiger partial charge on any atom is 0.221 e. The third kappa shape index (κ3) is 6.08. The molecule has 0 aliphatic rings. The maximum atomic E-state index is 11.8. The molecule has 0 unspecified atom stereocenters. The van der Waals surface area contributed by atoms with Crippen molar-refractivity contribution in [2.24, 2.45) is 0 Å². The third-order valence-electron chi connectivity index (χ3n) is 3.24. The summed E-state index contributed by atoms with van der Waals surface area (Å²) in [6, 6.07) is 3.81. The van der Waals surface area contributed by atoms with E-state index in [2.05, 4.69) is 41.4 Å². The van der Waals surface area contributed by atoms with Gasteiger partial charge in [-0.05, 0) is 11.6 Å². The maximum absolute atomic E-state index is 11.8. The van der Waals surface area contributed by atoms with Crippen LogP contribution in [-0.2, 0) is 23.3 Å². The van der Waals surface area contributed by atoms with Gasteiger partial charge in [-0.25, -0.2) is 4.98 Å². The minimum Gasteiger partial charge on any atom is -0.352 e. The SMILES string of the molecule is CC(C)(C)c1ncc(CNCCC(=O)NCc2cccnc2)s1. The lowest BCUT2D eigenvalue weighted by Crippen LogP contribution is -2.27. The zero-order valence-electron chi connectivity index (χ0n) is 13.9. The molecule has 0 saturated carbocycles. The van der Waals surface area contributed by atoms with Crippen molar-refractivity contribution in [3.05, 3.63) is 46.2 Å². The lowest BCUT2D eigenvalue weighted by atomic mass is 9.98. The summed E-state index contributed by atoms with van der Waals surface area (Å²) in [7, 11) is 0. The van der Waals surface area contributed by atoms with E-state index in [1.165, 1.54) is 4.88 Å². The van der Waals surface area contributed by atoms with Gasteiger partial charge in [-0.1, -0.05) is 26.8 Å². The molecule has 0 radical (unpaired) electrons. The second-order valence-electron chi connectivity index (χ2n) is 6.45. The molecule has 2 aromatic rings. The van der Waals surface area contributed by atoms with Crippen molar-refractivity contribution in [1.82, 2.24) is 20.6 Å². The molecule has 2 heterocycles. The van der Waals surface area contributed by atoms with Crippen LogP contribution in [0.2, 0.25) is 0 Å². The molecule has 0 aliphatic carbocycles. The molecule has 0 saturated heterocycles. The van der Waals surface area contributed by atoms with Crippen molar-refractivity contribution in [3.8, 4) is 0 Å². The number of hydrogen-bond donors (Lipinski definition) is 2. The summed E-state index contributed by atoms with van der Waals surface area (Å²) < 4.78 is 0. The summed E-state index contributed by atoms with van der Waals surface area (Å²) >= 11 is 1.73. The van der Waals surface area contributed by atoms with Gasteiger partial charge < -0.3 is 10.6 Å².